The van der Waals surface area contributed by atoms with Crippen LogP contribution in [0.25, 0.3) is 0 Å². The summed E-state index contributed by atoms with van der Waals surface area (Å²) in [4.78, 5) is 15.0. The molecule has 1 aliphatic heterocycles. The number of Topliss-reactive ketones (excluding diaryl/α,β-unsaturated/α-hetero) is 1. The number of nitrogens with zero attached hydrogens (tertiary/aromatic N) is 3. The Kier molecular flexibility index (Phi) is 7.54. The van der Waals surface area contributed by atoms with Crippen LogP contribution in [0.4, 0.5) is 13.2 Å². The zero-order chi connectivity index (χ0) is 24.0. The zero-order valence-electron chi connectivity index (χ0n) is 18.4. The highest BCUT2D eigenvalue weighted by Crippen LogP contribution is 2.37. The molecule has 0 aliphatic carbocycles. The van der Waals surface area contributed by atoms with Crippen molar-refractivity contribution in [3.05, 3.63) is 88.7 Å². The first kappa shape index (κ1) is 23.8. The van der Waals surface area contributed by atoms with E-state index in [2.05, 4.69) is 10.2 Å². The lowest BCUT2D eigenvalue weighted by Crippen LogP contribution is -2.36. The molecule has 1 aromatic heterocycles. The molecule has 2 heterocycles. The second kappa shape index (κ2) is 10.8. The smallest absolute Gasteiger partial charge is 0.416 e. The molecule has 3 aromatic rings. The summed E-state index contributed by atoms with van der Waals surface area (Å²) in [5.41, 5.74) is 0.529. The van der Waals surface area contributed by atoms with E-state index in [1.807, 2.05) is 35.2 Å². The number of carbonyl (C=O) groups excluding carboxylic acids is 1. The highest BCUT2D eigenvalue weighted by Gasteiger charge is 2.36. The molecule has 6 nitrogen and oxygen atoms in total. The molecule has 0 unspecified atom stereocenters. The van der Waals surface area contributed by atoms with E-state index in [0.717, 1.165) is 11.6 Å². The van der Waals surface area contributed by atoms with E-state index in [9.17, 15) is 18.0 Å². The standard InChI is InChI=1S/C25H24F3N3O3/c26-25(27,28)22-14-21(23(32)12-19-6-7-29-30-15-19)24(34-17-18-4-2-1-3-5-18)13-20(22)16-31-8-10-33-11-9-31/h1-7,13-15H,8-12,16-17H2. The van der Waals surface area contributed by atoms with E-state index in [0.29, 0.717) is 31.9 Å². The van der Waals surface area contributed by atoms with Gasteiger partial charge in [-0.25, -0.2) is 0 Å². The number of alkyl halides is 3. The monoisotopic (exact) mass is 471 g/mol. The molecule has 0 bridgehead atoms. The van der Waals surface area contributed by atoms with Crippen LogP contribution in [-0.2, 0) is 30.5 Å². The molecule has 178 valence electrons. The Morgan fingerprint density at radius 1 is 1.03 bits per heavy atom. The molecule has 0 atom stereocenters. The van der Waals surface area contributed by atoms with Gasteiger partial charge in [0.15, 0.2) is 5.78 Å². The van der Waals surface area contributed by atoms with E-state index < -0.39 is 17.5 Å². The Morgan fingerprint density at radius 3 is 2.47 bits per heavy atom. The van der Waals surface area contributed by atoms with Crippen molar-refractivity contribution in [1.82, 2.24) is 15.1 Å². The van der Waals surface area contributed by atoms with Crippen molar-refractivity contribution in [2.45, 2.75) is 25.7 Å². The van der Waals surface area contributed by atoms with Gasteiger partial charge in [-0.3, -0.25) is 9.69 Å². The van der Waals surface area contributed by atoms with Gasteiger partial charge in [0, 0.05) is 32.3 Å². The van der Waals surface area contributed by atoms with Crippen molar-refractivity contribution in [1.29, 1.82) is 0 Å². The summed E-state index contributed by atoms with van der Waals surface area (Å²) in [6.45, 7) is 2.22. The fourth-order valence-corrected chi connectivity index (χ4v) is 3.79. The van der Waals surface area contributed by atoms with Crippen molar-refractivity contribution in [2.75, 3.05) is 26.3 Å². The maximum atomic E-state index is 14.0. The van der Waals surface area contributed by atoms with Crippen LogP contribution in [0.1, 0.15) is 32.6 Å². The molecule has 0 spiro atoms. The molecule has 9 heteroatoms. The van der Waals surface area contributed by atoms with Crippen LogP contribution in [0, 0.1) is 0 Å². The first-order valence-corrected chi connectivity index (χ1v) is 10.9. The van der Waals surface area contributed by atoms with E-state index in [1.54, 1.807) is 6.07 Å². The van der Waals surface area contributed by atoms with Gasteiger partial charge in [-0.15, -0.1) is 0 Å². The van der Waals surface area contributed by atoms with Crippen LogP contribution in [-0.4, -0.2) is 47.2 Å². The Hall–Kier alpha value is -3.30. The fraction of sp³-hybridized carbons (Fsp3) is 0.320. The van der Waals surface area contributed by atoms with Crippen molar-refractivity contribution < 1.29 is 27.4 Å². The van der Waals surface area contributed by atoms with Crippen LogP contribution in [0.5, 0.6) is 5.75 Å². The fourth-order valence-electron chi connectivity index (χ4n) is 3.79. The lowest BCUT2D eigenvalue weighted by Gasteiger charge is -2.28. The van der Waals surface area contributed by atoms with Gasteiger partial charge in [-0.05, 0) is 34.9 Å². The third kappa shape index (κ3) is 6.18. The summed E-state index contributed by atoms with van der Waals surface area (Å²) >= 11 is 0. The van der Waals surface area contributed by atoms with Gasteiger partial charge in [-0.1, -0.05) is 30.3 Å². The minimum absolute atomic E-state index is 0.0691. The summed E-state index contributed by atoms with van der Waals surface area (Å²) in [6.07, 6.45) is -1.88. The molecule has 0 radical (unpaired) electrons. The summed E-state index contributed by atoms with van der Waals surface area (Å²) in [7, 11) is 0. The highest BCUT2D eigenvalue weighted by molar-refractivity contribution is 6.00. The van der Waals surface area contributed by atoms with Gasteiger partial charge < -0.3 is 9.47 Å². The van der Waals surface area contributed by atoms with Crippen LogP contribution in [0.15, 0.2) is 60.9 Å². The number of carbonyl (C=O) groups is 1. The highest BCUT2D eigenvalue weighted by atomic mass is 19.4. The molecule has 1 saturated heterocycles. The Balaban J connectivity index is 1.70. The summed E-state index contributed by atoms with van der Waals surface area (Å²) in [6, 6.07) is 13.1. The van der Waals surface area contributed by atoms with E-state index in [4.69, 9.17) is 9.47 Å². The lowest BCUT2D eigenvalue weighted by molar-refractivity contribution is -0.138. The van der Waals surface area contributed by atoms with E-state index in [-0.39, 0.29) is 36.4 Å². The first-order chi connectivity index (χ1) is 16.4. The summed E-state index contributed by atoms with van der Waals surface area (Å²) in [5.74, 6) is -0.355. The van der Waals surface area contributed by atoms with E-state index >= 15 is 0 Å². The van der Waals surface area contributed by atoms with Gasteiger partial charge in [0.25, 0.3) is 0 Å². The molecule has 1 fully saturated rings. The van der Waals surface area contributed by atoms with Crippen molar-refractivity contribution in [3.8, 4) is 5.75 Å². The van der Waals surface area contributed by atoms with Crippen LogP contribution < -0.4 is 4.74 Å². The SMILES string of the molecule is O=C(Cc1ccnnc1)c1cc(C(F)(F)F)c(CN2CCOCC2)cc1OCc1ccccc1. The Labute approximate surface area is 195 Å². The van der Waals surface area contributed by atoms with Gasteiger partial charge in [0.2, 0.25) is 0 Å². The predicted octanol–water partition coefficient (Wildman–Crippen LogP) is 4.33. The third-order valence-electron chi connectivity index (χ3n) is 5.56. The van der Waals surface area contributed by atoms with Crippen LogP contribution in [0.2, 0.25) is 0 Å². The molecule has 2 aromatic carbocycles. The van der Waals surface area contributed by atoms with Crippen molar-refractivity contribution in [3.63, 3.8) is 0 Å². The topological polar surface area (TPSA) is 64.6 Å². The number of hydrogen-bond acceptors (Lipinski definition) is 6. The largest absolute Gasteiger partial charge is 0.488 e. The average Bonchev–Trinajstić information content (AvgIpc) is 2.84. The maximum absolute atomic E-state index is 14.0. The van der Waals surface area contributed by atoms with E-state index in [1.165, 1.54) is 18.5 Å². The molecule has 0 amide bonds. The normalized spacial score (nSPS) is 14.7. The average molecular weight is 471 g/mol. The van der Waals surface area contributed by atoms with Gasteiger partial charge in [0.05, 0.1) is 30.5 Å². The summed E-state index contributed by atoms with van der Waals surface area (Å²) < 4.78 is 53.4. The number of rotatable bonds is 8. The second-order valence-electron chi connectivity index (χ2n) is 8.02. The number of morpholine rings is 1. The molecule has 4 rings (SSSR count). The van der Waals surface area contributed by atoms with Crippen LogP contribution >= 0.6 is 0 Å². The second-order valence-corrected chi connectivity index (χ2v) is 8.02. The number of aromatic nitrogens is 2. The molecule has 1 aliphatic rings. The predicted molar refractivity (Wildman–Crippen MR) is 118 cm³/mol. The third-order valence-corrected chi connectivity index (χ3v) is 5.56. The zero-order valence-corrected chi connectivity index (χ0v) is 18.4. The molecular formula is C25H24F3N3O3. The number of ketones is 1. The van der Waals surface area contributed by atoms with Crippen molar-refractivity contribution >= 4 is 5.78 Å². The number of hydrogen-bond donors (Lipinski definition) is 0. The molecule has 0 N–H and O–H groups in total. The quantitative estimate of drug-likeness (QED) is 0.456. The molecule has 0 saturated carbocycles. The van der Waals surface area contributed by atoms with Crippen molar-refractivity contribution in [2.24, 2.45) is 0 Å². The minimum atomic E-state index is -4.62. The number of benzene rings is 2. The first-order valence-electron chi connectivity index (χ1n) is 10.9. The van der Waals surface area contributed by atoms with Crippen LogP contribution in [0.3, 0.4) is 0 Å². The Morgan fingerprint density at radius 2 is 1.79 bits per heavy atom. The summed E-state index contributed by atoms with van der Waals surface area (Å²) in [5, 5.41) is 7.41. The minimum Gasteiger partial charge on any atom is -0.488 e. The number of ether oxygens (including phenoxy) is 2. The number of halogens is 3. The maximum Gasteiger partial charge on any atom is 0.416 e. The van der Waals surface area contributed by atoms with Gasteiger partial charge >= 0.3 is 6.18 Å². The Bertz CT molecular complexity index is 1100. The van der Waals surface area contributed by atoms with Gasteiger partial charge in [-0.2, -0.15) is 23.4 Å². The lowest BCUT2D eigenvalue weighted by atomic mass is 9.96. The molecule has 34 heavy (non-hydrogen) atoms. The molecular weight excluding hydrogens is 447 g/mol. The van der Waals surface area contributed by atoms with Gasteiger partial charge in [0.1, 0.15) is 12.4 Å².